The van der Waals surface area contributed by atoms with Gasteiger partial charge in [-0.2, -0.15) is 0 Å². The third kappa shape index (κ3) is 1.71. The van der Waals surface area contributed by atoms with Gasteiger partial charge in [0.25, 0.3) is 0 Å². The van der Waals surface area contributed by atoms with Gasteiger partial charge in [0.15, 0.2) is 6.33 Å². The molecule has 1 aromatic carbocycles. The topological polar surface area (TPSA) is 35.0 Å². The van der Waals surface area contributed by atoms with Crippen LogP contribution in [0.1, 0.15) is 0 Å². The number of hydrogen-bond acceptors (Lipinski definition) is 3. The molecule has 0 bridgehead atoms. The molecule has 0 N–H and O–H groups in total. The van der Waals surface area contributed by atoms with Crippen LogP contribution in [0.15, 0.2) is 36.5 Å². The van der Waals surface area contributed by atoms with E-state index in [2.05, 4.69) is 16.3 Å². The summed E-state index contributed by atoms with van der Waals surface area (Å²) in [5.41, 5.74) is 1.85. The van der Waals surface area contributed by atoms with Gasteiger partial charge in [0.05, 0.1) is 12.8 Å². The Labute approximate surface area is 82.4 Å². The predicted octanol–water partition coefficient (Wildman–Crippen LogP) is 1.95. The number of methoxy groups -OCH3 is 1. The third-order valence-corrected chi connectivity index (χ3v) is 1.90. The molecule has 0 saturated heterocycles. The number of hydrogen-bond donors (Lipinski definition) is 0. The Morgan fingerprint density at radius 2 is 2.21 bits per heavy atom. The standard InChI is InChI=1S/C11H9N2O/c1-14-10-4-2-3-9(7-10)11-5-6-12-8-13-11/h2-7H,1H3. The highest BCUT2D eigenvalue weighted by Gasteiger charge is 1.99. The first-order chi connectivity index (χ1) is 6.90. The highest BCUT2D eigenvalue weighted by molar-refractivity contribution is 5.60. The minimum Gasteiger partial charge on any atom is -0.497 e. The molecule has 0 amide bonds. The first-order valence-corrected chi connectivity index (χ1v) is 4.23. The second-order valence-corrected chi connectivity index (χ2v) is 2.77. The predicted molar refractivity (Wildman–Crippen MR) is 52.9 cm³/mol. The number of nitrogens with zero attached hydrogens (tertiary/aromatic N) is 2. The largest absolute Gasteiger partial charge is 0.497 e. The van der Waals surface area contributed by atoms with Gasteiger partial charge in [-0.15, -0.1) is 0 Å². The molecule has 1 radical (unpaired) electrons. The Hall–Kier alpha value is -1.90. The fourth-order valence-corrected chi connectivity index (χ4v) is 1.20. The molecule has 3 heteroatoms. The highest BCUT2D eigenvalue weighted by atomic mass is 16.5. The molecule has 0 fully saturated rings. The lowest BCUT2D eigenvalue weighted by Gasteiger charge is -2.02. The van der Waals surface area contributed by atoms with Crippen molar-refractivity contribution in [2.45, 2.75) is 0 Å². The summed E-state index contributed by atoms with van der Waals surface area (Å²) in [6.45, 7) is 0. The molecule has 2 aromatic rings. The normalized spacial score (nSPS) is 9.79. The molecule has 3 nitrogen and oxygen atoms in total. The lowest BCUT2D eigenvalue weighted by atomic mass is 10.1. The molecule has 1 heterocycles. The zero-order valence-electron chi connectivity index (χ0n) is 7.77. The fourth-order valence-electron chi connectivity index (χ4n) is 1.20. The van der Waals surface area contributed by atoms with E-state index in [1.54, 1.807) is 13.3 Å². The van der Waals surface area contributed by atoms with Crippen LogP contribution in [-0.4, -0.2) is 17.1 Å². The number of rotatable bonds is 2. The SMILES string of the molecule is COc1cccc(-c2ccn[c]n2)c1. The highest BCUT2D eigenvalue weighted by Crippen LogP contribution is 2.20. The van der Waals surface area contributed by atoms with Gasteiger partial charge in [0.2, 0.25) is 0 Å². The van der Waals surface area contributed by atoms with Crippen LogP contribution in [0.5, 0.6) is 5.75 Å². The van der Waals surface area contributed by atoms with Gasteiger partial charge in [-0.05, 0) is 18.2 Å². The van der Waals surface area contributed by atoms with E-state index in [1.165, 1.54) is 0 Å². The van der Waals surface area contributed by atoms with E-state index in [9.17, 15) is 0 Å². The van der Waals surface area contributed by atoms with Gasteiger partial charge < -0.3 is 4.74 Å². The molecular weight excluding hydrogens is 176 g/mol. The monoisotopic (exact) mass is 185 g/mol. The quantitative estimate of drug-likeness (QED) is 0.717. The first-order valence-electron chi connectivity index (χ1n) is 4.23. The lowest BCUT2D eigenvalue weighted by Crippen LogP contribution is -1.86. The number of ether oxygens (including phenoxy) is 1. The summed E-state index contributed by atoms with van der Waals surface area (Å²) in [6.07, 6.45) is 4.22. The van der Waals surface area contributed by atoms with E-state index in [1.807, 2.05) is 30.3 Å². The average molecular weight is 185 g/mol. The summed E-state index contributed by atoms with van der Waals surface area (Å²) in [5, 5.41) is 0. The van der Waals surface area contributed by atoms with Crippen LogP contribution in [0.2, 0.25) is 0 Å². The molecule has 0 aliphatic heterocycles. The van der Waals surface area contributed by atoms with Crippen molar-refractivity contribution in [2.75, 3.05) is 7.11 Å². The Kier molecular flexibility index (Phi) is 2.40. The molecule has 0 unspecified atom stereocenters. The minimum atomic E-state index is 0.820. The van der Waals surface area contributed by atoms with Crippen molar-refractivity contribution in [3.8, 4) is 17.0 Å². The van der Waals surface area contributed by atoms with Gasteiger partial charge in [-0.25, -0.2) is 9.97 Å². The third-order valence-electron chi connectivity index (χ3n) is 1.90. The average Bonchev–Trinajstić information content (AvgIpc) is 2.30. The summed E-state index contributed by atoms with van der Waals surface area (Å²) in [5.74, 6) is 0.820. The summed E-state index contributed by atoms with van der Waals surface area (Å²) in [4.78, 5) is 7.78. The van der Waals surface area contributed by atoms with Crippen molar-refractivity contribution in [1.82, 2.24) is 9.97 Å². The Morgan fingerprint density at radius 1 is 1.29 bits per heavy atom. The second-order valence-electron chi connectivity index (χ2n) is 2.77. The van der Waals surface area contributed by atoms with Crippen LogP contribution in [0.4, 0.5) is 0 Å². The molecule has 0 spiro atoms. The molecule has 0 atom stereocenters. The van der Waals surface area contributed by atoms with Crippen molar-refractivity contribution in [3.05, 3.63) is 42.9 Å². The van der Waals surface area contributed by atoms with Crippen molar-refractivity contribution in [3.63, 3.8) is 0 Å². The zero-order chi connectivity index (χ0) is 9.80. The van der Waals surface area contributed by atoms with Crippen LogP contribution < -0.4 is 4.74 Å². The number of benzene rings is 1. The van der Waals surface area contributed by atoms with E-state index in [-0.39, 0.29) is 0 Å². The maximum absolute atomic E-state index is 5.12. The number of aromatic nitrogens is 2. The summed E-state index contributed by atoms with van der Waals surface area (Å²) in [7, 11) is 1.64. The van der Waals surface area contributed by atoms with E-state index >= 15 is 0 Å². The summed E-state index contributed by atoms with van der Waals surface area (Å²) < 4.78 is 5.12. The van der Waals surface area contributed by atoms with Crippen LogP contribution in [0.25, 0.3) is 11.3 Å². The van der Waals surface area contributed by atoms with Gasteiger partial charge in [-0.1, -0.05) is 12.1 Å². The minimum absolute atomic E-state index is 0.820. The Balaban J connectivity index is 2.42. The van der Waals surface area contributed by atoms with E-state index in [4.69, 9.17) is 4.74 Å². The molecule has 0 saturated carbocycles. The molecule has 0 aliphatic carbocycles. The summed E-state index contributed by atoms with van der Waals surface area (Å²) in [6, 6.07) is 9.56. The van der Waals surface area contributed by atoms with E-state index in [0.717, 1.165) is 17.0 Å². The lowest BCUT2D eigenvalue weighted by molar-refractivity contribution is 0.415. The van der Waals surface area contributed by atoms with Gasteiger partial charge >= 0.3 is 0 Å². The van der Waals surface area contributed by atoms with Crippen LogP contribution in [0, 0.1) is 6.33 Å². The van der Waals surface area contributed by atoms with E-state index < -0.39 is 0 Å². The molecule has 69 valence electrons. The maximum Gasteiger partial charge on any atom is 0.198 e. The van der Waals surface area contributed by atoms with Gasteiger partial charge in [-0.3, -0.25) is 0 Å². The second kappa shape index (κ2) is 3.87. The molecule has 1 aromatic heterocycles. The van der Waals surface area contributed by atoms with Crippen molar-refractivity contribution < 1.29 is 4.74 Å². The zero-order valence-corrected chi connectivity index (χ0v) is 7.77. The van der Waals surface area contributed by atoms with Gasteiger partial charge in [0.1, 0.15) is 5.75 Å². The smallest absolute Gasteiger partial charge is 0.198 e. The van der Waals surface area contributed by atoms with Crippen molar-refractivity contribution in [2.24, 2.45) is 0 Å². The molecule has 2 rings (SSSR count). The Morgan fingerprint density at radius 3 is 2.93 bits per heavy atom. The maximum atomic E-state index is 5.12. The summed E-state index contributed by atoms with van der Waals surface area (Å²) >= 11 is 0. The van der Waals surface area contributed by atoms with Crippen molar-refractivity contribution >= 4 is 0 Å². The van der Waals surface area contributed by atoms with Gasteiger partial charge in [0, 0.05) is 11.8 Å². The van der Waals surface area contributed by atoms with Crippen LogP contribution in [-0.2, 0) is 0 Å². The van der Waals surface area contributed by atoms with Crippen LogP contribution in [0.3, 0.4) is 0 Å². The van der Waals surface area contributed by atoms with Crippen LogP contribution >= 0.6 is 0 Å². The molecule has 14 heavy (non-hydrogen) atoms. The van der Waals surface area contributed by atoms with E-state index in [0.29, 0.717) is 0 Å². The molecular formula is C11H9N2O. The first kappa shape index (κ1) is 8.69. The van der Waals surface area contributed by atoms with Crippen molar-refractivity contribution in [1.29, 1.82) is 0 Å². The molecule has 0 aliphatic rings. The fraction of sp³-hybridized carbons (Fsp3) is 0.0909. The Bertz CT molecular complexity index is 415.